The summed E-state index contributed by atoms with van der Waals surface area (Å²) in [5.41, 5.74) is 0.486. The molecule has 2 heterocycles. The minimum atomic E-state index is -3.77. The molecule has 0 aromatic heterocycles. The Morgan fingerprint density at radius 3 is 2.50 bits per heavy atom. The summed E-state index contributed by atoms with van der Waals surface area (Å²) in [6.45, 7) is 1.58. The normalized spacial score (nSPS) is 20.3. The van der Waals surface area contributed by atoms with Gasteiger partial charge in [-0.3, -0.25) is 20.3 Å². The van der Waals surface area contributed by atoms with E-state index in [2.05, 4.69) is 11.4 Å². The maximum Gasteiger partial charge on any atom is 0.239 e. The van der Waals surface area contributed by atoms with Crippen LogP contribution >= 0.6 is 11.8 Å². The van der Waals surface area contributed by atoms with Gasteiger partial charge in [0.1, 0.15) is 6.04 Å². The Morgan fingerprint density at radius 2 is 1.91 bits per heavy atom. The number of nitriles is 1. The number of anilines is 1. The highest BCUT2D eigenvalue weighted by Crippen LogP contribution is 2.21. The van der Waals surface area contributed by atoms with E-state index in [-0.39, 0.29) is 35.8 Å². The number of hydrogen-bond acceptors (Lipinski definition) is 9. The van der Waals surface area contributed by atoms with Gasteiger partial charge in [0.2, 0.25) is 21.8 Å². The molecule has 2 aliphatic heterocycles. The number of benzene rings is 1. The van der Waals surface area contributed by atoms with Crippen LogP contribution in [0.25, 0.3) is 0 Å². The van der Waals surface area contributed by atoms with Gasteiger partial charge >= 0.3 is 0 Å². The van der Waals surface area contributed by atoms with Crippen LogP contribution < -0.4 is 16.3 Å². The van der Waals surface area contributed by atoms with E-state index in [9.17, 15) is 18.0 Å². The SMILES string of the molecule is N#C[C@@H]1CSCN1C(=O)CN(N)C1CCN(CC(=O)Nc2ccc(S(N)(=O)=O)cc2)CC1. The molecule has 0 bridgehead atoms. The topological polar surface area (TPSA) is 166 Å². The molecule has 0 aliphatic carbocycles. The Morgan fingerprint density at radius 1 is 1.25 bits per heavy atom. The van der Waals surface area contributed by atoms with Crippen molar-refractivity contribution < 1.29 is 18.0 Å². The van der Waals surface area contributed by atoms with Crippen molar-refractivity contribution in [1.29, 1.82) is 5.26 Å². The summed E-state index contributed by atoms with van der Waals surface area (Å²) in [6.07, 6.45) is 1.44. The van der Waals surface area contributed by atoms with E-state index in [0.717, 1.165) is 12.8 Å². The van der Waals surface area contributed by atoms with Gasteiger partial charge in [-0.25, -0.2) is 18.6 Å². The zero-order valence-electron chi connectivity index (χ0n) is 17.5. The minimum Gasteiger partial charge on any atom is -0.325 e. The molecule has 2 saturated heterocycles. The number of hydrogen-bond donors (Lipinski definition) is 3. The number of nitrogens with two attached hydrogens (primary N) is 2. The van der Waals surface area contributed by atoms with Crippen LogP contribution in [0.2, 0.25) is 0 Å². The highest BCUT2D eigenvalue weighted by molar-refractivity contribution is 7.99. The van der Waals surface area contributed by atoms with E-state index in [4.69, 9.17) is 16.2 Å². The summed E-state index contributed by atoms with van der Waals surface area (Å²) in [7, 11) is -3.77. The summed E-state index contributed by atoms with van der Waals surface area (Å²) in [5.74, 6) is 6.94. The first-order chi connectivity index (χ1) is 15.2. The second-order valence-corrected chi connectivity index (χ2v) is 10.4. The second kappa shape index (κ2) is 10.6. The summed E-state index contributed by atoms with van der Waals surface area (Å²) >= 11 is 1.56. The first kappa shape index (κ1) is 24.4. The molecule has 32 heavy (non-hydrogen) atoms. The highest BCUT2D eigenvalue weighted by Gasteiger charge is 2.31. The Kier molecular flexibility index (Phi) is 8.10. The van der Waals surface area contributed by atoms with E-state index in [1.54, 1.807) is 21.7 Å². The Labute approximate surface area is 191 Å². The van der Waals surface area contributed by atoms with Gasteiger partial charge in [-0.2, -0.15) is 5.26 Å². The molecule has 2 amide bonds. The van der Waals surface area contributed by atoms with Gasteiger partial charge < -0.3 is 10.2 Å². The fourth-order valence-electron chi connectivity index (χ4n) is 3.71. The van der Waals surface area contributed by atoms with Crippen molar-refractivity contribution in [2.75, 3.05) is 43.1 Å². The first-order valence-electron chi connectivity index (χ1n) is 10.1. The molecule has 174 valence electrons. The second-order valence-electron chi connectivity index (χ2n) is 7.81. The van der Waals surface area contributed by atoms with Gasteiger partial charge in [-0.05, 0) is 37.1 Å². The van der Waals surface area contributed by atoms with Crippen LogP contribution in [-0.4, -0.2) is 84.9 Å². The minimum absolute atomic E-state index is 0.0194. The fraction of sp³-hybridized carbons (Fsp3) is 0.526. The summed E-state index contributed by atoms with van der Waals surface area (Å²) in [5, 5.41) is 18.5. The van der Waals surface area contributed by atoms with Gasteiger partial charge in [0.25, 0.3) is 0 Å². The van der Waals surface area contributed by atoms with E-state index in [0.29, 0.717) is 30.4 Å². The number of sulfonamides is 1. The van der Waals surface area contributed by atoms with Gasteiger partial charge in [0.05, 0.1) is 29.9 Å². The lowest BCUT2D eigenvalue weighted by atomic mass is 10.0. The number of carbonyl (C=O) groups excluding carboxylic acids is 2. The third-order valence-corrected chi connectivity index (χ3v) is 7.47. The third kappa shape index (κ3) is 6.41. The zero-order valence-corrected chi connectivity index (χ0v) is 19.1. The lowest BCUT2D eigenvalue weighted by Gasteiger charge is -2.36. The van der Waals surface area contributed by atoms with Crippen molar-refractivity contribution in [1.82, 2.24) is 14.8 Å². The van der Waals surface area contributed by atoms with Crippen molar-refractivity contribution in [3.8, 4) is 6.07 Å². The smallest absolute Gasteiger partial charge is 0.239 e. The molecule has 3 rings (SSSR count). The molecule has 2 aliphatic rings. The standard InChI is InChI=1S/C19H27N7O4S2/c20-9-16-12-31-13-25(16)19(28)11-26(21)15-5-7-24(8-6-15)10-18(27)23-14-1-3-17(4-2-14)32(22,29)30/h1-4,15-16H,5-8,10-13,21H2,(H,23,27)(H2,22,29,30)/t16-/m1/s1. The quantitative estimate of drug-likeness (QED) is 0.338. The number of nitrogens with one attached hydrogen (secondary N) is 1. The zero-order chi connectivity index (χ0) is 23.3. The Balaban J connectivity index is 1.42. The van der Waals surface area contributed by atoms with E-state index >= 15 is 0 Å². The maximum absolute atomic E-state index is 12.5. The molecular weight excluding hydrogens is 454 g/mol. The first-order valence-corrected chi connectivity index (χ1v) is 12.8. The monoisotopic (exact) mass is 481 g/mol. The predicted octanol–water partition coefficient (Wildman–Crippen LogP) is -0.662. The molecule has 1 aromatic rings. The highest BCUT2D eigenvalue weighted by atomic mass is 32.2. The van der Waals surface area contributed by atoms with Crippen LogP contribution in [0.1, 0.15) is 12.8 Å². The Bertz CT molecular complexity index is 972. The molecule has 0 saturated carbocycles. The van der Waals surface area contributed by atoms with Gasteiger partial charge in [0.15, 0.2) is 0 Å². The molecule has 0 unspecified atom stereocenters. The number of likely N-dealkylation sites (tertiary alicyclic amines) is 1. The molecule has 0 radical (unpaired) electrons. The van der Waals surface area contributed by atoms with Crippen LogP contribution in [0.5, 0.6) is 0 Å². The Hall–Kier alpha value is -2.21. The molecule has 11 nitrogen and oxygen atoms in total. The molecule has 5 N–H and O–H groups in total. The van der Waals surface area contributed by atoms with Gasteiger partial charge in [0, 0.05) is 30.6 Å². The number of primary sulfonamides is 1. The maximum atomic E-state index is 12.5. The average molecular weight is 482 g/mol. The lowest BCUT2D eigenvalue weighted by molar-refractivity contribution is -0.132. The van der Waals surface area contributed by atoms with Crippen LogP contribution in [0, 0.1) is 11.3 Å². The number of piperidine rings is 1. The van der Waals surface area contributed by atoms with Crippen LogP contribution in [0.15, 0.2) is 29.2 Å². The van der Waals surface area contributed by atoms with Crippen LogP contribution in [-0.2, 0) is 19.6 Å². The fourth-order valence-corrected chi connectivity index (χ4v) is 5.33. The van der Waals surface area contributed by atoms with Gasteiger partial charge in [-0.1, -0.05) is 0 Å². The third-order valence-electron chi connectivity index (χ3n) is 5.53. The largest absolute Gasteiger partial charge is 0.325 e. The average Bonchev–Trinajstić information content (AvgIpc) is 3.23. The van der Waals surface area contributed by atoms with Gasteiger partial charge in [-0.15, -0.1) is 11.8 Å². The summed E-state index contributed by atoms with van der Waals surface area (Å²) < 4.78 is 22.6. The molecule has 1 atom stereocenters. The molecule has 13 heteroatoms. The van der Waals surface area contributed by atoms with Crippen molar-refractivity contribution in [2.24, 2.45) is 11.0 Å². The lowest BCUT2D eigenvalue weighted by Crippen LogP contribution is -2.53. The van der Waals surface area contributed by atoms with Crippen LogP contribution in [0.4, 0.5) is 5.69 Å². The molecular formula is C19H27N7O4S2. The van der Waals surface area contributed by atoms with Crippen molar-refractivity contribution in [3.05, 3.63) is 24.3 Å². The summed E-state index contributed by atoms with van der Waals surface area (Å²) in [4.78, 5) is 28.3. The van der Waals surface area contributed by atoms with Crippen molar-refractivity contribution in [2.45, 2.75) is 29.8 Å². The van der Waals surface area contributed by atoms with Crippen LogP contribution in [0.3, 0.4) is 0 Å². The number of amides is 2. The molecule has 2 fully saturated rings. The summed E-state index contributed by atoms with van der Waals surface area (Å²) in [6, 6.07) is 7.44. The van der Waals surface area contributed by atoms with Crippen molar-refractivity contribution >= 4 is 39.3 Å². The van der Waals surface area contributed by atoms with E-state index in [1.165, 1.54) is 24.3 Å². The van der Waals surface area contributed by atoms with E-state index in [1.807, 2.05) is 4.90 Å². The van der Waals surface area contributed by atoms with E-state index < -0.39 is 16.1 Å². The number of carbonyl (C=O) groups is 2. The molecule has 0 spiro atoms. The van der Waals surface area contributed by atoms with Crippen molar-refractivity contribution in [3.63, 3.8) is 0 Å². The molecule has 1 aromatic carbocycles. The number of nitrogens with zero attached hydrogens (tertiary/aromatic N) is 4. The number of rotatable bonds is 7. The number of hydrazine groups is 1. The number of thioether (sulfide) groups is 1. The predicted molar refractivity (Wildman–Crippen MR) is 120 cm³/mol.